The number of nitrogens with zero attached hydrogens (tertiary/aromatic N) is 3. The topological polar surface area (TPSA) is 47.8 Å². The van der Waals surface area contributed by atoms with Gasteiger partial charge in [-0.15, -0.1) is 5.10 Å². The summed E-state index contributed by atoms with van der Waals surface area (Å²) in [6.07, 6.45) is 2.18. The van der Waals surface area contributed by atoms with E-state index in [0.717, 1.165) is 17.5 Å². The number of aromatic nitrogens is 3. The number of hydrogen-bond donors (Lipinski definition) is 0. The molecular weight excluding hydrogens is 226 g/mol. The number of benzene rings is 1. The van der Waals surface area contributed by atoms with E-state index in [9.17, 15) is 4.79 Å². The standard InChI is InChI=1S/C14H17N3O/c1-14(2)8-7-10(18)9-13(14)17-12-6-4-3-5-11(12)15-16-17/h3-6,13H,7-9H2,1-2H3/t13-/m1/s1. The minimum atomic E-state index is 0.0877. The molecule has 3 rings (SSSR count). The lowest BCUT2D eigenvalue weighted by atomic mass is 9.73. The van der Waals surface area contributed by atoms with Crippen molar-refractivity contribution in [3.8, 4) is 0 Å². The lowest BCUT2D eigenvalue weighted by molar-refractivity contribution is -0.124. The van der Waals surface area contributed by atoms with Gasteiger partial charge in [0, 0.05) is 12.8 Å². The highest BCUT2D eigenvalue weighted by Gasteiger charge is 2.38. The van der Waals surface area contributed by atoms with E-state index < -0.39 is 0 Å². The number of fused-ring (bicyclic) bond motifs is 1. The molecule has 1 atom stereocenters. The lowest BCUT2D eigenvalue weighted by Crippen LogP contribution is -2.34. The fraction of sp³-hybridized carbons (Fsp3) is 0.500. The van der Waals surface area contributed by atoms with Gasteiger partial charge < -0.3 is 0 Å². The van der Waals surface area contributed by atoms with Gasteiger partial charge in [0.05, 0.1) is 11.6 Å². The Morgan fingerprint density at radius 2 is 2.11 bits per heavy atom. The Hall–Kier alpha value is -1.71. The van der Waals surface area contributed by atoms with Crippen LogP contribution in [0.1, 0.15) is 39.2 Å². The number of hydrogen-bond acceptors (Lipinski definition) is 3. The second-order valence-corrected chi connectivity index (χ2v) is 5.77. The summed E-state index contributed by atoms with van der Waals surface area (Å²) in [6, 6.07) is 8.03. The van der Waals surface area contributed by atoms with Crippen molar-refractivity contribution in [2.24, 2.45) is 5.41 Å². The number of carbonyl (C=O) groups is 1. The molecule has 1 heterocycles. The fourth-order valence-corrected chi connectivity index (χ4v) is 2.76. The zero-order valence-corrected chi connectivity index (χ0v) is 10.8. The Bertz CT molecular complexity index is 600. The van der Waals surface area contributed by atoms with E-state index in [2.05, 4.69) is 24.2 Å². The summed E-state index contributed by atoms with van der Waals surface area (Å²) >= 11 is 0. The van der Waals surface area contributed by atoms with E-state index in [0.29, 0.717) is 18.6 Å². The van der Waals surface area contributed by atoms with Crippen molar-refractivity contribution in [3.05, 3.63) is 24.3 Å². The predicted octanol–water partition coefficient (Wildman–Crippen LogP) is 2.75. The van der Waals surface area contributed by atoms with Crippen LogP contribution >= 0.6 is 0 Å². The second kappa shape index (κ2) is 3.90. The predicted molar refractivity (Wildman–Crippen MR) is 69.2 cm³/mol. The first-order valence-corrected chi connectivity index (χ1v) is 6.39. The molecule has 2 aromatic rings. The summed E-state index contributed by atoms with van der Waals surface area (Å²) in [4.78, 5) is 11.7. The van der Waals surface area contributed by atoms with Crippen molar-refractivity contribution in [2.45, 2.75) is 39.2 Å². The van der Waals surface area contributed by atoms with Gasteiger partial charge in [-0.05, 0) is 24.0 Å². The molecule has 1 aliphatic carbocycles. The number of carbonyl (C=O) groups excluding carboxylic acids is 1. The van der Waals surface area contributed by atoms with Gasteiger partial charge in [0.2, 0.25) is 0 Å². The van der Waals surface area contributed by atoms with Crippen LogP contribution < -0.4 is 0 Å². The molecule has 0 aliphatic heterocycles. The van der Waals surface area contributed by atoms with Crippen molar-refractivity contribution >= 4 is 16.8 Å². The molecule has 0 radical (unpaired) electrons. The van der Waals surface area contributed by atoms with E-state index >= 15 is 0 Å². The molecule has 94 valence electrons. The maximum atomic E-state index is 11.7. The van der Waals surface area contributed by atoms with E-state index in [-0.39, 0.29) is 11.5 Å². The number of para-hydroxylation sites is 1. The monoisotopic (exact) mass is 243 g/mol. The average molecular weight is 243 g/mol. The molecule has 1 aromatic heterocycles. The quantitative estimate of drug-likeness (QED) is 0.773. The van der Waals surface area contributed by atoms with Crippen molar-refractivity contribution in [1.82, 2.24) is 15.0 Å². The van der Waals surface area contributed by atoms with Gasteiger partial charge >= 0.3 is 0 Å². The zero-order chi connectivity index (χ0) is 12.8. The smallest absolute Gasteiger partial charge is 0.135 e. The van der Waals surface area contributed by atoms with Crippen molar-refractivity contribution < 1.29 is 4.79 Å². The van der Waals surface area contributed by atoms with Crippen LogP contribution in [-0.2, 0) is 4.79 Å². The number of ketones is 1. The highest BCUT2D eigenvalue weighted by molar-refractivity contribution is 5.80. The zero-order valence-electron chi connectivity index (χ0n) is 10.8. The molecule has 1 saturated carbocycles. The third-order valence-electron chi connectivity index (χ3n) is 4.04. The van der Waals surface area contributed by atoms with Gasteiger partial charge in [-0.2, -0.15) is 0 Å². The molecule has 1 fully saturated rings. The van der Waals surface area contributed by atoms with Crippen LogP contribution in [0.3, 0.4) is 0 Å². The molecule has 18 heavy (non-hydrogen) atoms. The van der Waals surface area contributed by atoms with Gasteiger partial charge in [0.1, 0.15) is 11.3 Å². The Labute approximate surface area is 106 Å². The molecule has 0 saturated heterocycles. The molecule has 1 aromatic carbocycles. The Morgan fingerprint density at radius 3 is 2.94 bits per heavy atom. The minimum absolute atomic E-state index is 0.0877. The molecule has 0 unspecified atom stereocenters. The number of rotatable bonds is 1. The summed E-state index contributed by atoms with van der Waals surface area (Å²) < 4.78 is 1.94. The van der Waals surface area contributed by atoms with E-state index in [4.69, 9.17) is 0 Å². The lowest BCUT2D eigenvalue weighted by Gasteiger charge is -2.37. The summed E-state index contributed by atoms with van der Waals surface area (Å²) in [7, 11) is 0. The van der Waals surface area contributed by atoms with Crippen LogP contribution in [0.2, 0.25) is 0 Å². The molecular formula is C14H17N3O. The van der Waals surface area contributed by atoms with Crippen LogP contribution in [-0.4, -0.2) is 20.8 Å². The average Bonchev–Trinajstić information content (AvgIpc) is 2.76. The second-order valence-electron chi connectivity index (χ2n) is 5.77. The first kappa shape index (κ1) is 11.4. The molecule has 4 heteroatoms. The van der Waals surface area contributed by atoms with Crippen LogP contribution in [0, 0.1) is 5.41 Å². The molecule has 0 spiro atoms. The molecule has 0 bridgehead atoms. The van der Waals surface area contributed by atoms with Crippen LogP contribution in [0.4, 0.5) is 0 Å². The summed E-state index contributed by atoms with van der Waals surface area (Å²) in [5, 5.41) is 8.45. The van der Waals surface area contributed by atoms with Crippen LogP contribution in [0.15, 0.2) is 24.3 Å². The van der Waals surface area contributed by atoms with Crippen molar-refractivity contribution in [2.75, 3.05) is 0 Å². The fourth-order valence-electron chi connectivity index (χ4n) is 2.76. The Balaban J connectivity index is 2.10. The maximum absolute atomic E-state index is 11.7. The Kier molecular flexibility index (Phi) is 2.47. The van der Waals surface area contributed by atoms with Crippen LogP contribution in [0.25, 0.3) is 11.0 Å². The highest BCUT2D eigenvalue weighted by Crippen LogP contribution is 2.42. The van der Waals surface area contributed by atoms with Crippen molar-refractivity contribution in [1.29, 1.82) is 0 Å². The maximum Gasteiger partial charge on any atom is 0.135 e. The highest BCUT2D eigenvalue weighted by atomic mass is 16.1. The van der Waals surface area contributed by atoms with Crippen molar-refractivity contribution in [3.63, 3.8) is 0 Å². The first-order valence-electron chi connectivity index (χ1n) is 6.39. The van der Waals surface area contributed by atoms with Gasteiger partial charge in [-0.1, -0.05) is 31.2 Å². The molecule has 0 N–H and O–H groups in total. The molecule has 0 amide bonds. The third kappa shape index (κ3) is 1.72. The molecule has 1 aliphatic rings. The van der Waals surface area contributed by atoms with Gasteiger partial charge in [-0.3, -0.25) is 4.79 Å². The number of Topliss-reactive ketones (excluding diaryl/α,β-unsaturated/α-hetero) is 1. The molecule has 4 nitrogen and oxygen atoms in total. The van der Waals surface area contributed by atoms with E-state index in [1.54, 1.807) is 0 Å². The minimum Gasteiger partial charge on any atom is -0.300 e. The third-order valence-corrected chi connectivity index (χ3v) is 4.04. The normalized spacial score (nSPS) is 23.4. The SMILES string of the molecule is CC1(C)CCC(=O)C[C@H]1n1nnc2ccccc21. The van der Waals surface area contributed by atoms with E-state index in [1.165, 1.54) is 0 Å². The summed E-state index contributed by atoms with van der Waals surface area (Å²) in [5.41, 5.74) is 2.00. The van der Waals surface area contributed by atoms with Gasteiger partial charge in [0.25, 0.3) is 0 Å². The Morgan fingerprint density at radius 1 is 1.33 bits per heavy atom. The van der Waals surface area contributed by atoms with E-state index in [1.807, 2.05) is 28.9 Å². The van der Waals surface area contributed by atoms with Gasteiger partial charge in [0.15, 0.2) is 0 Å². The van der Waals surface area contributed by atoms with Crippen LogP contribution in [0.5, 0.6) is 0 Å². The summed E-state index contributed by atoms with van der Waals surface area (Å²) in [6.45, 7) is 4.42. The summed E-state index contributed by atoms with van der Waals surface area (Å²) in [5.74, 6) is 0.332. The van der Waals surface area contributed by atoms with Gasteiger partial charge in [-0.25, -0.2) is 4.68 Å². The largest absolute Gasteiger partial charge is 0.300 e. The first-order chi connectivity index (χ1) is 8.58.